The predicted molar refractivity (Wildman–Crippen MR) is 38.8 cm³/mol. The van der Waals surface area contributed by atoms with Gasteiger partial charge >= 0.3 is 5.97 Å². The van der Waals surface area contributed by atoms with E-state index in [9.17, 15) is 9.59 Å². The van der Waals surface area contributed by atoms with E-state index in [2.05, 4.69) is 9.73 Å². The molecule has 0 amide bonds. The van der Waals surface area contributed by atoms with Crippen LogP contribution in [0.2, 0.25) is 0 Å². The Morgan fingerprint density at radius 3 is 2.82 bits per heavy atom. The van der Waals surface area contributed by atoms with Gasteiger partial charge in [-0.2, -0.15) is 0 Å². The summed E-state index contributed by atoms with van der Waals surface area (Å²) in [6, 6.07) is -0.327. The lowest BCUT2D eigenvalue weighted by Gasteiger charge is -2.02. The zero-order valence-electron chi connectivity index (χ0n) is 6.66. The van der Waals surface area contributed by atoms with Crippen LogP contribution in [0.1, 0.15) is 20.3 Å². The van der Waals surface area contributed by atoms with E-state index in [4.69, 9.17) is 0 Å². The highest BCUT2D eigenvalue weighted by Gasteiger charge is 2.07. The second-order valence-electron chi connectivity index (χ2n) is 2.08. The summed E-state index contributed by atoms with van der Waals surface area (Å²) in [5, 5.41) is 0. The summed E-state index contributed by atoms with van der Waals surface area (Å²) in [5.74, 6) is -0.334. The molecule has 0 radical (unpaired) electrons. The Labute approximate surface area is 65.3 Å². The molecule has 62 valence electrons. The summed E-state index contributed by atoms with van der Waals surface area (Å²) < 4.78 is 4.63. The van der Waals surface area contributed by atoms with E-state index in [0.29, 0.717) is 6.61 Å². The van der Waals surface area contributed by atoms with Crippen molar-refractivity contribution in [3.8, 4) is 0 Å². The van der Waals surface area contributed by atoms with Crippen LogP contribution in [-0.2, 0) is 14.3 Å². The molecule has 0 aliphatic carbocycles. The molecule has 1 atom stereocenters. The molecule has 0 spiro atoms. The Morgan fingerprint density at radius 2 is 2.36 bits per heavy atom. The van der Waals surface area contributed by atoms with Crippen molar-refractivity contribution < 1.29 is 14.3 Å². The average Bonchev–Trinajstić information content (AvgIpc) is 1.87. The van der Waals surface area contributed by atoms with Crippen LogP contribution in [0.4, 0.5) is 0 Å². The van der Waals surface area contributed by atoms with Crippen LogP contribution in [0.3, 0.4) is 0 Å². The molecule has 0 saturated carbocycles. The molecule has 0 saturated heterocycles. The minimum absolute atomic E-state index is 0.142. The second-order valence-corrected chi connectivity index (χ2v) is 2.08. The highest BCUT2D eigenvalue weighted by molar-refractivity contribution is 5.70. The molecule has 0 N–H and O–H groups in total. The number of hydrogen-bond acceptors (Lipinski definition) is 4. The van der Waals surface area contributed by atoms with Gasteiger partial charge < -0.3 is 4.74 Å². The van der Waals surface area contributed by atoms with Gasteiger partial charge in [-0.1, -0.05) is 0 Å². The zero-order chi connectivity index (χ0) is 8.69. The molecule has 0 aromatic heterocycles. The minimum atomic E-state index is -0.334. The Hall–Kier alpha value is -1.15. The first-order chi connectivity index (χ1) is 5.20. The Morgan fingerprint density at radius 1 is 1.73 bits per heavy atom. The van der Waals surface area contributed by atoms with Crippen LogP contribution in [0.15, 0.2) is 4.99 Å². The van der Waals surface area contributed by atoms with Gasteiger partial charge in [0.1, 0.15) is 0 Å². The van der Waals surface area contributed by atoms with Crippen LogP contribution in [0, 0.1) is 0 Å². The molecule has 0 aromatic carbocycles. The number of carbonyl (C=O) groups excluding carboxylic acids is 2. The van der Waals surface area contributed by atoms with Crippen molar-refractivity contribution in [1.29, 1.82) is 0 Å². The molecule has 0 heterocycles. The monoisotopic (exact) mass is 157 g/mol. The smallest absolute Gasteiger partial charge is 0.307 e. The van der Waals surface area contributed by atoms with Crippen molar-refractivity contribution in [2.45, 2.75) is 26.3 Å². The quantitative estimate of drug-likeness (QED) is 0.342. The summed E-state index contributed by atoms with van der Waals surface area (Å²) in [4.78, 5) is 23.8. The van der Waals surface area contributed by atoms with E-state index in [1.807, 2.05) is 0 Å². The van der Waals surface area contributed by atoms with Crippen molar-refractivity contribution in [1.82, 2.24) is 0 Å². The van der Waals surface area contributed by atoms with E-state index >= 15 is 0 Å². The topological polar surface area (TPSA) is 55.7 Å². The van der Waals surface area contributed by atoms with Gasteiger partial charge in [-0.25, -0.2) is 9.79 Å². The molecule has 0 rings (SSSR count). The molecule has 0 unspecified atom stereocenters. The van der Waals surface area contributed by atoms with Gasteiger partial charge in [-0.3, -0.25) is 4.79 Å². The van der Waals surface area contributed by atoms with Gasteiger partial charge in [-0.15, -0.1) is 0 Å². The first-order valence-electron chi connectivity index (χ1n) is 3.43. The summed E-state index contributed by atoms with van der Waals surface area (Å²) in [7, 11) is 0. The SMILES string of the molecule is CCOC(=O)C[C@H](C)N=C=O. The summed E-state index contributed by atoms with van der Waals surface area (Å²) in [5.41, 5.74) is 0. The van der Waals surface area contributed by atoms with Crippen LogP contribution >= 0.6 is 0 Å². The van der Waals surface area contributed by atoms with Gasteiger partial charge in [0, 0.05) is 0 Å². The number of hydrogen-bond donors (Lipinski definition) is 0. The molecular formula is C7H11NO3. The fraction of sp³-hybridized carbons (Fsp3) is 0.714. The van der Waals surface area contributed by atoms with E-state index in [0.717, 1.165) is 0 Å². The van der Waals surface area contributed by atoms with Gasteiger partial charge in [-0.05, 0) is 13.8 Å². The Kier molecular flexibility index (Phi) is 5.03. The van der Waals surface area contributed by atoms with Gasteiger partial charge in [0.15, 0.2) is 0 Å². The zero-order valence-corrected chi connectivity index (χ0v) is 6.66. The molecule has 11 heavy (non-hydrogen) atoms. The number of esters is 1. The number of ether oxygens (including phenoxy) is 1. The van der Waals surface area contributed by atoms with Crippen LogP contribution in [0.25, 0.3) is 0 Å². The fourth-order valence-corrected chi connectivity index (χ4v) is 0.597. The molecule has 0 fully saturated rings. The highest BCUT2D eigenvalue weighted by atomic mass is 16.5. The molecule has 0 aliphatic rings. The van der Waals surface area contributed by atoms with E-state index in [1.54, 1.807) is 13.8 Å². The van der Waals surface area contributed by atoms with Crippen molar-refractivity contribution in [2.75, 3.05) is 6.61 Å². The molecule has 4 nitrogen and oxygen atoms in total. The van der Waals surface area contributed by atoms with Crippen molar-refractivity contribution in [2.24, 2.45) is 4.99 Å². The molecule has 0 aliphatic heterocycles. The third kappa shape index (κ3) is 5.30. The summed E-state index contributed by atoms with van der Waals surface area (Å²) in [6.45, 7) is 3.74. The normalized spacial score (nSPS) is 11.5. The maximum Gasteiger partial charge on any atom is 0.307 e. The molecule has 0 bridgehead atoms. The maximum atomic E-state index is 10.7. The van der Waals surface area contributed by atoms with Crippen LogP contribution < -0.4 is 0 Å². The predicted octanol–water partition coefficient (Wildman–Crippen LogP) is 0.664. The van der Waals surface area contributed by atoms with Gasteiger partial charge in [0.25, 0.3) is 0 Å². The van der Waals surface area contributed by atoms with Crippen molar-refractivity contribution in [3.05, 3.63) is 0 Å². The molecule has 0 aromatic rings. The average molecular weight is 157 g/mol. The first kappa shape index (κ1) is 9.85. The largest absolute Gasteiger partial charge is 0.466 e. The maximum absolute atomic E-state index is 10.7. The van der Waals surface area contributed by atoms with E-state index in [-0.39, 0.29) is 18.4 Å². The highest BCUT2D eigenvalue weighted by Crippen LogP contribution is 1.97. The lowest BCUT2D eigenvalue weighted by molar-refractivity contribution is -0.143. The Bertz CT molecular complexity index is 173. The molecule has 4 heteroatoms. The van der Waals surface area contributed by atoms with Crippen LogP contribution in [-0.4, -0.2) is 24.7 Å². The number of isocyanates is 1. The van der Waals surface area contributed by atoms with Crippen LogP contribution in [0.5, 0.6) is 0 Å². The summed E-state index contributed by atoms with van der Waals surface area (Å²) >= 11 is 0. The number of rotatable bonds is 4. The van der Waals surface area contributed by atoms with Crippen molar-refractivity contribution in [3.63, 3.8) is 0 Å². The third-order valence-electron chi connectivity index (χ3n) is 1.04. The van der Waals surface area contributed by atoms with Crippen molar-refractivity contribution >= 4 is 12.0 Å². The number of nitrogens with zero attached hydrogens (tertiary/aromatic N) is 1. The summed E-state index contributed by atoms with van der Waals surface area (Å²) in [6.07, 6.45) is 1.52. The fourth-order valence-electron chi connectivity index (χ4n) is 0.597. The molecular weight excluding hydrogens is 146 g/mol. The lowest BCUT2D eigenvalue weighted by Crippen LogP contribution is -2.11. The van der Waals surface area contributed by atoms with Gasteiger partial charge in [0.2, 0.25) is 6.08 Å². The minimum Gasteiger partial charge on any atom is -0.466 e. The lowest BCUT2D eigenvalue weighted by atomic mass is 10.2. The third-order valence-corrected chi connectivity index (χ3v) is 1.04. The number of aliphatic imine (C=N–C) groups is 1. The first-order valence-corrected chi connectivity index (χ1v) is 3.43. The number of carbonyl (C=O) groups is 1. The van der Waals surface area contributed by atoms with E-state index in [1.165, 1.54) is 6.08 Å². The standard InChI is InChI=1S/C7H11NO3/c1-3-11-7(10)4-6(2)8-5-9/h6H,3-4H2,1-2H3/t6-/m0/s1. The van der Waals surface area contributed by atoms with E-state index < -0.39 is 0 Å². The Balaban J connectivity index is 3.65. The van der Waals surface area contributed by atoms with Gasteiger partial charge in [0.05, 0.1) is 19.1 Å². The second kappa shape index (κ2) is 5.62.